The van der Waals surface area contributed by atoms with Crippen LogP contribution in [0.1, 0.15) is 38.5 Å². The molecule has 0 aromatic heterocycles. The molecule has 0 aliphatic heterocycles. The number of allylic oxidation sites excluding steroid dienone is 8. The molecule has 1 unspecified atom stereocenters. The highest BCUT2D eigenvalue weighted by Crippen LogP contribution is 2.44. The minimum absolute atomic E-state index is 0.124. The number of hydrogen-bond donors (Lipinski definition) is 0. The summed E-state index contributed by atoms with van der Waals surface area (Å²) in [5, 5.41) is 0. The van der Waals surface area contributed by atoms with Crippen LogP contribution in [0.5, 0.6) is 0 Å². The third-order valence-corrected chi connectivity index (χ3v) is 4.23. The number of rotatable bonds is 0. The molecule has 102 valence electrons. The quantitative estimate of drug-likeness (QED) is 0.561. The first-order valence-electron chi connectivity index (χ1n) is 6.92. The van der Waals surface area contributed by atoms with Crippen molar-refractivity contribution >= 4 is 0 Å². The normalized spacial score (nSPS) is 27.2. The molecule has 3 heteroatoms. The van der Waals surface area contributed by atoms with Gasteiger partial charge in [0.15, 0.2) is 0 Å². The van der Waals surface area contributed by atoms with Gasteiger partial charge in [-0.2, -0.15) is 13.2 Å². The summed E-state index contributed by atoms with van der Waals surface area (Å²) >= 11 is 0. The zero-order valence-electron chi connectivity index (χ0n) is 10.8. The Morgan fingerprint density at radius 2 is 1.84 bits per heavy atom. The van der Waals surface area contributed by atoms with Crippen LogP contribution in [-0.2, 0) is 0 Å². The highest BCUT2D eigenvalue weighted by Gasteiger charge is 2.40. The van der Waals surface area contributed by atoms with Crippen molar-refractivity contribution in [2.24, 2.45) is 5.92 Å². The van der Waals surface area contributed by atoms with Gasteiger partial charge in [-0.1, -0.05) is 24.3 Å². The fraction of sp³-hybridized carbons (Fsp3) is 0.500. The Labute approximate surface area is 111 Å². The van der Waals surface area contributed by atoms with E-state index in [-0.39, 0.29) is 6.42 Å². The van der Waals surface area contributed by atoms with E-state index < -0.39 is 12.1 Å². The topological polar surface area (TPSA) is 0 Å². The van der Waals surface area contributed by atoms with Gasteiger partial charge in [0.05, 0.1) is 5.92 Å². The second-order valence-corrected chi connectivity index (χ2v) is 5.49. The first-order chi connectivity index (χ1) is 9.05. The monoisotopic (exact) mass is 266 g/mol. The van der Waals surface area contributed by atoms with Crippen LogP contribution in [0.4, 0.5) is 13.2 Å². The van der Waals surface area contributed by atoms with Crippen LogP contribution in [-0.4, -0.2) is 6.18 Å². The molecule has 0 saturated carbocycles. The molecular formula is C16H17F3. The van der Waals surface area contributed by atoms with Gasteiger partial charge in [-0.15, -0.1) is 0 Å². The first-order valence-corrected chi connectivity index (χ1v) is 6.92. The second kappa shape index (κ2) is 4.69. The minimum Gasteiger partial charge on any atom is -0.170 e. The third kappa shape index (κ3) is 2.43. The van der Waals surface area contributed by atoms with E-state index in [1.807, 2.05) is 0 Å². The molecule has 0 spiro atoms. The molecule has 0 heterocycles. The van der Waals surface area contributed by atoms with E-state index in [1.165, 1.54) is 11.6 Å². The number of alkyl halides is 3. The van der Waals surface area contributed by atoms with Crippen molar-refractivity contribution in [1.82, 2.24) is 0 Å². The van der Waals surface area contributed by atoms with Crippen LogP contribution < -0.4 is 0 Å². The molecule has 0 bridgehead atoms. The zero-order chi connectivity index (χ0) is 13.5. The first kappa shape index (κ1) is 12.8. The van der Waals surface area contributed by atoms with Crippen molar-refractivity contribution in [3.8, 4) is 0 Å². The predicted octanol–water partition coefficient (Wildman–Crippen LogP) is 5.25. The van der Waals surface area contributed by atoms with Gasteiger partial charge >= 0.3 is 6.18 Å². The predicted molar refractivity (Wildman–Crippen MR) is 69.6 cm³/mol. The van der Waals surface area contributed by atoms with Crippen molar-refractivity contribution in [3.63, 3.8) is 0 Å². The van der Waals surface area contributed by atoms with Crippen LogP contribution >= 0.6 is 0 Å². The molecule has 0 N–H and O–H groups in total. The average molecular weight is 266 g/mol. The van der Waals surface area contributed by atoms with Gasteiger partial charge in [0.2, 0.25) is 0 Å². The van der Waals surface area contributed by atoms with E-state index >= 15 is 0 Å². The van der Waals surface area contributed by atoms with E-state index in [2.05, 4.69) is 12.2 Å². The Bertz CT molecular complexity index is 501. The van der Waals surface area contributed by atoms with Gasteiger partial charge < -0.3 is 0 Å². The molecule has 0 radical (unpaired) electrons. The van der Waals surface area contributed by atoms with Crippen LogP contribution in [0.3, 0.4) is 0 Å². The van der Waals surface area contributed by atoms with Crippen LogP contribution in [0.15, 0.2) is 46.6 Å². The summed E-state index contributed by atoms with van der Waals surface area (Å²) in [5.41, 5.74) is 4.45. The average Bonchev–Trinajstić information content (AvgIpc) is 2.56. The molecule has 0 fully saturated rings. The summed E-state index contributed by atoms with van der Waals surface area (Å²) in [6, 6.07) is 0. The highest BCUT2D eigenvalue weighted by molar-refractivity contribution is 5.55. The molecule has 0 aromatic rings. The summed E-state index contributed by atoms with van der Waals surface area (Å²) in [5.74, 6) is -1.31. The Kier molecular flexibility index (Phi) is 3.15. The van der Waals surface area contributed by atoms with E-state index in [0.29, 0.717) is 0 Å². The summed E-state index contributed by atoms with van der Waals surface area (Å²) < 4.78 is 38.8. The lowest BCUT2D eigenvalue weighted by molar-refractivity contribution is -0.160. The largest absolute Gasteiger partial charge is 0.395 e. The molecule has 3 rings (SSSR count). The third-order valence-electron chi connectivity index (χ3n) is 4.23. The molecule has 3 aliphatic carbocycles. The SMILES string of the molecule is FC(F)(F)C1C=CC2=C(C1)C1=CCCC=C1CCC2. The molecule has 3 aliphatic rings. The van der Waals surface area contributed by atoms with Gasteiger partial charge in [-0.05, 0) is 60.8 Å². The van der Waals surface area contributed by atoms with Gasteiger partial charge in [-0.3, -0.25) is 0 Å². The van der Waals surface area contributed by atoms with Crippen molar-refractivity contribution in [2.45, 2.75) is 44.7 Å². The van der Waals surface area contributed by atoms with Crippen LogP contribution in [0, 0.1) is 5.92 Å². The fourth-order valence-electron chi connectivity index (χ4n) is 3.24. The van der Waals surface area contributed by atoms with Crippen LogP contribution in [0.2, 0.25) is 0 Å². The molecule has 0 aromatic carbocycles. The van der Waals surface area contributed by atoms with Gasteiger partial charge in [0.1, 0.15) is 0 Å². The molecule has 1 atom stereocenters. The Morgan fingerprint density at radius 3 is 2.63 bits per heavy atom. The summed E-state index contributed by atoms with van der Waals surface area (Å²) in [4.78, 5) is 0. The van der Waals surface area contributed by atoms with Gasteiger partial charge in [0, 0.05) is 0 Å². The summed E-state index contributed by atoms with van der Waals surface area (Å²) in [6.45, 7) is 0. The maximum atomic E-state index is 12.9. The Morgan fingerprint density at radius 1 is 1.05 bits per heavy atom. The van der Waals surface area contributed by atoms with Crippen LogP contribution in [0.25, 0.3) is 0 Å². The Hall–Kier alpha value is -1.25. The lowest BCUT2D eigenvalue weighted by atomic mass is 9.81. The number of hydrogen-bond acceptors (Lipinski definition) is 0. The maximum Gasteiger partial charge on any atom is 0.395 e. The molecular weight excluding hydrogens is 249 g/mol. The minimum atomic E-state index is -4.12. The Balaban J connectivity index is 1.97. The zero-order valence-corrected chi connectivity index (χ0v) is 10.8. The lowest BCUT2D eigenvalue weighted by Crippen LogP contribution is -2.24. The second-order valence-electron chi connectivity index (χ2n) is 5.49. The standard InChI is InChI=1S/C16H17F3/c17-16(18,19)13-9-8-12-6-3-5-11-4-1-2-7-14(11)15(12)10-13/h4,7-9,13H,1-3,5-6,10H2. The lowest BCUT2D eigenvalue weighted by Gasteiger charge is -2.26. The van der Waals surface area contributed by atoms with Gasteiger partial charge in [-0.25, -0.2) is 0 Å². The van der Waals surface area contributed by atoms with E-state index in [1.54, 1.807) is 6.08 Å². The molecule has 0 nitrogen and oxygen atoms in total. The highest BCUT2D eigenvalue weighted by atomic mass is 19.4. The molecule has 0 amide bonds. The number of halogens is 3. The summed E-state index contributed by atoms with van der Waals surface area (Å²) in [7, 11) is 0. The smallest absolute Gasteiger partial charge is 0.170 e. The fourth-order valence-corrected chi connectivity index (χ4v) is 3.24. The number of fused-ring (bicyclic) bond motifs is 2. The van der Waals surface area contributed by atoms with E-state index in [9.17, 15) is 13.2 Å². The van der Waals surface area contributed by atoms with Crippen molar-refractivity contribution in [1.29, 1.82) is 0 Å². The van der Waals surface area contributed by atoms with E-state index in [4.69, 9.17) is 0 Å². The van der Waals surface area contributed by atoms with Crippen molar-refractivity contribution < 1.29 is 13.2 Å². The van der Waals surface area contributed by atoms with E-state index in [0.717, 1.165) is 48.8 Å². The summed E-state index contributed by atoms with van der Waals surface area (Å²) in [6.07, 6.45) is 8.35. The maximum absolute atomic E-state index is 12.9. The van der Waals surface area contributed by atoms with Gasteiger partial charge in [0.25, 0.3) is 0 Å². The van der Waals surface area contributed by atoms with Crippen molar-refractivity contribution in [3.05, 3.63) is 46.6 Å². The molecule has 0 saturated heterocycles. The molecule has 19 heavy (non-hydrogen) atoms. The van der Waals surface area contributed by atoms with Crippen molar-refractivity contribution in [2.75, 3.05) is 0 Å².